The Morgan fingerprint density at radius 2 is 2.25 bits per heavy atom. The Morgan fingerprint density at radius 3 is 2.90 bits per heavy atom. The molecule has 5 heteroatoms. The summed E-state index contributed by atoms with van der Waals surface area (Å²) in [6.07, 6.45) is 2.64. The van der Waals surface area contributed by atoms with Gasteiger partial charge in [-0.25, -0.2) is 4.98 Å². The number of anilines is 1. The first-order valence-electron chi connectivity index (χ1n) is 7.12. The van der Waals surface area contributed by atoms with E-state index in [4.69, 9.17) is 10.5 Å². The molecule has 1 heterocycles. The molecule has 20 heavy (non-hydrogen) atoms. The van der Waals surface area contributed by atoms with Crippen molar-refractivity contribution >= 4 is 17.0 Å². The predicted octanol–water partition coefficient (Wildman–Crippen LogP) is 2.11. The molecule has 0 bridgehead atoms. The molecule has 1 aliphatic carbocycles. The van der Waals surface area contributed by atoms with Crippen LogP contribution in [0.4, 0.5) is 5.95 Å². The van der Waals surface area contributed by atoms with Crippen molar-refractivity contribution in [3.63, 3.8) is 0 Å². The Hall–Kier alpha value is -1.75. The monoisotopic (exact) mass is 274 g/mol. The van der Waals surface area contributed by atoms with Gasteiger partial charge in [-0.1, -0.05) is 0 Å². The average molecular weight is 274 g/mol. The van der Waals surface area contributed by atoms with Gasteiger partial charge in [-0.05, 0) is 38.9 Å². The number of rotatable bonds is 5. The number of hydrogen-bond acceptors (Lipinski definition) is 4. The maximum absolute atomic E-state index is 6.08. The Morgan fingerprint density at radius 1 is 1.50 bits per heavy atom. The lowest BCUT2D eigenvalue weighted by Gasteiger charge is -2.25. The van der Waals surface area contributed by atoms with Crippen molar-refractivity contribution in [1.82, 2.24) is 14.5 Å². The molecule has 1 saturated carbocycles. The Balaban J connectivity index is 1.88. The lowest BCUT2D eigenvalue weighted by molar-refractivity contribution is 0.228. The van der Waals surface area contributed by atoms with Gasteiger partial charge in [-0.15, -0.1) is 0 Å². The van der Waals surface area contributed by atoms with E-state index in [9.17, 15) is 0 Å². The molecule has 1 unspecified atom stereocenters. The van der Waals surface area contributed by atoms with E-state index in [0.29, 0.717) is 12.0 Å². The number of imidazole rings is 1. The molecule has 0 aliphatic heterocycles. The number of methoxy groups -OCH3 is 1. The average Bonchev–Trinajstić information content (AvgIpc) is 3.24. The highest BCUT2D eigenvalue weighted by atomic mass is 16.5. The first-order valence-corrected chi connectivity index (χ1v) is 7.12. The van der Waals surface area contributed by atoms with Gasteiger partial charge in [0, 0.05) is 24.7 Å². The molecule has 1 aromatic heterocycles. The molecule has 0 spiro atoms. The summed E-state index contributed by atoms with van der Waals surface area (Å²) in [6.45, 7) is 3.11. The van der Waals surface area contributed by atoms with Crippen molar-refractivity contribution in [2.75, 3.05) is 19.9 Å². The van der Waals surface area contributed by atoms with E-state index in [1.807, 2.05) is 18.2 Å². The zero-order valence-corrected chi connectivity index (χ0v) is 12.3. The van der Waals surface area contributed by atoms with E-state index in [-0.39, 0.29) is 0 Å². The second-order valence-corrected chi connectivity index (χ2v) is 5.68. The maximum Gasteiger partial charge on any atom is 0.201 e. The second kappa shape index (κ2) is 4.98. The van der Waals surface area contributed by atoms with E-state index < -0.39 is 0 Å². The first-order chi connectivity index (χ1) is 9.60. The third-order valence-electron chi connectivity index (χ3n) is 4.25. The number of aromatic nitrogens is 2. The van der Waals surface area contributed by atoms with E-state index in [1.165, 1.54) is 12.8 Å². The van der Waals surface area contributed by atoms with Gasteiger partial charge < -0.3 is 15.0 Å². The van der Waals surface area contributed by atoms with E-state index >= 15 is 0 Å². The molecule has 0 radical (unpaired) electrons. The van der Waals surface area contributed by atoms with Gasteiger partial charge in [-0.3, -0.25) is 4.90 Å². The van der Waals surface area contributed by atoms with Crippen LogP contribution in [-0.4, -0.2) is 40.7 Å². The van der Waals surface area contributed by atoms with Crippen molar-refractivity contribution in [3.05, 3.63) is 18.2 Å². The number of nitrogens with zero attached hydrogens (tertiary/aromatic N) is 3. The van der Waals surface area contributed by atoms with Crippen molar-refractivity contribution < 1.29 is 4.74 Å². The van der Waals surface area contributed by atoms with Crippen LogP contribution in [0.2, 0.25) is 0 Å². The molecule has 5 nitrogen and oxygen atoms in total. The lowest BCUT2D eigenvalue weighted by Crippen LogP contribution is -2.34. The second-order valence-electron chi connectivity index (χ2n) is 5.68. The summed E-state index contributed by atoms with van der Waals surface area (Å²) in [4.78, 5) is 6.88. The molecule has 108 valence electrons. The minimum Gasteiger partial charge on any atom is -0.497 e. The third-order valence-corrected chi connectivity index (χ3v) is 4.25. The summed E-state index contributed by atoms with van der Waals surface area (Å²) in [5.41, 5.74) is 8.04. The maximum atomic E-state index is 6.08. The van der Waals surface area contributed by atoms with Crippen LogP contribution in [0.15, 0.2) is 18.2 Å². The summed E-state index contributed by atoms with van der Waals surface area (Å²) in [5.74, 6) is 1.38. The summed E-state index contributed by atoms with van der Waals surface area (Å²) in [5, 5.41) is 0. The molecule has 1 aliphatic rings. The van der Waals surface area contributed by atoms with E-state index in [0.717, 1.165) is 29.4 Å². The third kappa shape index (κ3) is 2.33. The number of fused-ring (bicyclic) bond motifs is 1. The molecule has 0 amide bonds. The smallest absolute Gasteiger partial charge is 0.201 e. The summed E-state index contributed by atoms with van der Waals surface area (Å²) in [7, 11) is 3.86. The van der Waals surface area contributed by atoms with Gasteiger partial charge in [0.15, 0.2) is 0 Å². The van der Waals surface area contributed by atoms with Crippen LogP contribution >= 0.6 is 0 Å². The van der Waals surface area contributed by atoms with Gasteiger partial charge in [0.1, 0.15) is 5.75 Å². The van der Waals surface area contributed by atoms with Crippen LogP contribution in [0.3, 0.4) is 0 Å². The van der Waals surface area contributed by atoms with Gasteiger partial charge in [0.2, 0.25) is 5.95 Å². The molecular formula is C15H22N4O. The highest BCUT2D eigenvalue weighted by Gasteiger charge is 2.29. The number of nitrogens with two attached hydrogens (primary N) is 1. The van der Waals surface area contributed by atoms with Crippen molar-refractivity contribution in [1.29, 1.82) is 0 Å². The molecule has 0 saturated heterocycles. The number of nitrogen functional groups attached to an aromatic ring is 1. The van der Waals surface area contributed by atoms with E-state index in [2.05, 4.69) is 28.4 Å². The fraction of sp³-hybridized carbons (Fsp3) is 0.533. The Kier molecular flexibility index (Phi) is 3.30. The van der Waals surface area contributed by atoms with Gasteiger partial charge >= 0.3 is 0 Å². The first kappa shape index (κ1) is 13.2. The normalized spacial score (nSPS) is 16.8. The summed E-state index contributed by atoms with van der Waals surface area (Å²) in [6, 6.07) is 7.11. The molecule has 3 rings (SSSR count). The van der Waals surface area contributed by atoms with Crippen LogP contribution in [-0.2, 0) is 6.54 Å². The SMILES string of the molecule is COc1ccc2c(c1)nc(N)n2CC(C)N(C)C1CC1. The fourth-order valence-corrected chi connectivity index (χ4v) is 2.68. The molecule has 1 aromatic carbocycles. The number of likely N-dealkylation sites (N-methyl/N-ethyl adjacent to an activating group) is 1. The van der Waals surface area contributed by atoms with Crippen molar-refractivity contribution in [2.24, 2.45) is 0 Å². The van der Waals surface area contributed by atoms with Gasteiger partial charge in [-0.2, -0.15) is 0 Å². The zero-order chi connectivity index (χ0) is 14.3. The highest BCUT2D eigenvalue weighted by molar-refractivity contribution is 5.79. The minimum absolute atomic E-state index is 0.448. The minimum atomic E-state index is 0.448. The molecule has 2 N–H and O–H groups in total. The van der Waals surface area contributed by atoms with Crippen LogP contribution < -0.4 is 10.5 Å². The number of benzene rings is 1. The summed E-state index contributed by atoms with van der Waals surface area (Å²) >= 11 is 0. The number of hydrogen-bond donors (Lipinski definition) is 1. The van der Waals surface area contributed by atoms with Crippen molar-refractivity contribution in [2.45, 2.75) is 38.4 Å². The highest BCUT2D eigenvalue weighted by Crippen LogP contribution is 2.28. The molecular weight excluding hydrogens is 252 g/mol. The molecule has 1 fully saturated rings. The van der Waals surface area contributed by atoms with Crippen LogP contribution in [0.5, 0.6) is 5.75 Å². The molecule has 2 aromatic rings. The topological polar surface area (TPSA) is 56.3 Å². The van der Waals surface area contributed by atoms with Crippen LogP contribution in [0.1, 0.15) is 19.8 Å². The van der Waals surface area contributed by atoms with Crippen LogP contribution in [0, 0.1) is 0 Å². The largest absolute Gasteiger partial charge is 0.497 e. The van der Waals surface area contributed by atoms with Gasteiger partial charge in [0.25, 0.3) is 0 Å². The fourth-order valence-electron chi connectivity index (χ4n) is 2.68. The predicted molar refractivity (Wildman–Crippen MR) is 80.9 cm³/mol. The zero-order valence-electron chi connectivity index (χ0n) is 12.3. The molecule has 1 atom stereocenters. The Labute approximate surface area is 119 Å². The lowest BCUT2D eigenvalue weighted by atomic mass is 10.2. The van der Waals surface area contributed by atoms with E-state index in [1.54, 1.807) is 7.11 Å². The quantitative estimate of drug-likeness (QED) is 0.907. The number of ether oxygens (including phenoxy) is 1. The van der Waals surface area contributed by atoms with Gasteiger partial charge in [0.05, 0.1) is 18.1 Å². The van der Waals surface area contributed by atoms with Crippen molar-refractivity contribution in [3.8, 4) is 5.75 Å². The van der Waals surface area contributed by atoms with Crippen LogP contribution in [0.25, 0.3) is 11.0 Å². The summed E-state index contributed by atoms with van der Waals surface area (Å²) < 4.78 is 7.33. The standard InChI is InChI=1S/C15H22N4O/c1-10(18(2)11-4-5-11)9-19-14-7-6-12(20-3)8-13(14)17-15(19)16/h6-8,10-11H,4-5,9H2,1-3H3,(H2,16,17). The Bertz CT molecular complexity index is 618.